The number of carbonyl (C=O) groups is 1. The molecule has 0 saturated heterocycles. The van der Waals surface area contributed by atoms with Crippen LogP contribution >= 0.6 is 0 Å². The largest absolute Gasteiger partial charge is 0.373 e. The summed E-state index contributed by atoms with van der Waals surface area (Å²) in [7, 11) is 2.02. The molecule has 1 aromatic carbocycles. The average Bonchev–Trinajstić information content (AvgIpc) is 2.93. The van der Waals surface area contributed by atoms with E-state index in [2.05, 4.69) is 32.5 Å². The predicted molar refractivity (Wildman–Crippen MR) is 89.3 cm³/mol. The monoisotopic (exact) mass is 316 g/mol. The van der Waals surface area contributed by atoms with Crippen LogP contribution in [-0.2, 0) is 11.2 Å². The molecule has 0 aliphatic rings. The van der Waals surface area contributed by atoms with Gasteiger partial charge in [0, 0.05) is 38.2 Å². The van der Waals surface area contributed by atoms with Crippen LogP contribution in [0, 0.1) is 6.92 Å². The third-order valence-electron chi connectivity index (χ3n) is 3.52. The molecule has 1 heterocycles. The maximum absolute atomic E-state index is 12.0. The maximum Gasteiger partial charge on any atom is 0.226 e. The highest BCUT2D eigenvalue weighted by Gasteiger charge is 2.11. The van der Waals surface area contributed by atoms with Gasteiger partial charge in [-0.05, 0) is 32.4 Å². The van der Waals surface area contributed by atoms with Crippen LogP contribution in [0.2, 0.25) is 0 Å². The quantitative estimate of drug-likeness (QED) is 0.809. The zero-order valence-electron chi connectivity index (χ0n) is 14.0. The van der Waals surface area contributed by atoms with Crippen LogP contribution in [0.4, 0.5) is 5.69 Å². The molecule has 1 N–H and O–H groups in total. The zero-order chi connectivity index (χ0) is 16.7. The van der Waals surface area contributed by atoms with E-state index < -0.39 is 0 Å². The number of hydrogen-bond donors (Lipinski definition) is 1. The van der Waals surface area contributed by atoms with Crippen molar-refractivity contribution in [3.63, 3.8) is 0 Å². The highest BCUT2D eigenvalue weighted by atomic mass is 16.5. The molecular formula is C17H24N4O2. The second-order valence-electron chi connectivity index (χ2n) is 5.77. The Balaban J connectivity index is 1.68. The fraction of sp³-hybridized carbons (Fsp3) is 0.471. The summed E-state index contributed by atoms with van der Waals surface area (Å²) in [4.78, 5) is 18.2. The van der Waals surface area contributed by atoms with Gasteiger partial charge in [-0.2, -0.15) is 4.98 Å². The van der Waals surface area contributed by atoms with Crippen molar-refractivity contribution in [1.29, 1.82) is 0 Å². The van der Waals surface area contributed by atoms with Crippen LogP contribution in [0.15, 0.2) is 34.9 Å². The van der Waals surface area contributed by atoms with Crippen molar-refractivity contribution in [2.24, 2.45) is 0 Å². The third-order valence-corrected chi connectivity index (χ3v) is 3.52. The number of rotatable bonds is 8. The lowest BCUT2D eigenvalue weighted by molar-refractivity contribution is -0.121. The van der Waals surface area contributed by atoms with Crippen molar-refractivity contribution < 1.29 is 9.32 Å². The van der Waals surface area contributed by atoms with Crippen LogP contribution < -0.4 is 10.2 Å². The Morgan fingerprint density at radius 2 is 2.09 bits per heavy atom. The first kappa shape index (κ1) is 17.0. The van der Waals surface area contributed by atoms with Gasteiger partial charge < -0.3 is 14.7 Å². The summed E-state index contributed by atoms with van der Waals surface area (Å²) in [5.74, 6) is 1.27. The lowest BCUT2D eigenvalue weighted by atomic mass is 10.2. The van der Waals surface area contributed by atoms with Gasteiger partial charge >= 0.3 is 0 Å². The summed E-state index contributed by atoms with van der Waals surface area (Å²) >= 11 is 0. The molecule has 2 rings (SSSR count). The number of amides is 1. The third kappa shape index (κ3) is 5.73. The van der Waals surface area contributed by atoms with Crippen LogP contribution in [0.5, 0.6) is 0 Å². The molecule has 0 spiro atoms. The average molecular weight is 316 g/mol. The maximum atomic E-state index is 12.0. The molecule has 0 saturated carbocycles. The molecule has 0 bridgehead atoms. The van der Waals surface area contributed by atoms with Crippen molar-refractivity contribution in [2.45, 2.75) is 39.2 Å². The summed E-state index contributed by atoms with van der Waals surface area (Å²) in [6.45, 7) is 4.56. The standard InChI is InChI=1S/C17H24N4O2/c1-13(12-21(3)15-8-5-4-6-9-15)18-16(22)10-7-11-17-19-14(2)20-23-17/h4-6,8-9,13H,7,10-12H2,1-3H3,(H,18,22)/t13-/m1/s1. The van der Waals surface area contributed by atoms with Gasteiger partial charge in [-0.15, -0.1) is 0 Å². The van der Waals surface area contributed by atoms with Gasteiger partial charge in [0.2, 0.25) is 11.8 Å². The number of para-hydroxylation sites is 1. The number of nitrogens with zero attached hydrogens (tertiary/aromatic N) is 3. The molecule has 1 atom stereocenters. The fourth-order valence-corrected chi connectivity index (χ4v) is 2.43. The highest BCUT2D eigenvalue weighted by Crippen LogP contribution is 2.11. The molecule has 0 aliphatic heterocycles. The van der Waals surface area contributed by atoms with E-state index in [0.29, 0.717) is 31.0 Å². The minimum absolute atomic E-state index is 0.0511. The van der Waals surface area contributed by atoms with Crippen molar-refractivity contribution >= 4 is 11.6 Å². The molecule has 1 amide bonds. The molecule has 0 aliphatic carbocycles. The van der Waals surface area contributed by atoms with Crippen molar-refractivity contribution in [3.8, 4) is 0 Å². The van der Waals surface area contributed by atoms with Gasteiger partial charge in [0.1, 0.15) is 0 Å². The number of hydrogen-bond acceptors (Lipinski definition) is 5. The van der Waals surface area contributed by atoms with E-state index in [1.807, 2.05) is 32.2 Å². The zero-order valence-corrected chi connectivity index (χ0v) is 14.0. The lowest BCUT2D eigenvalue weighted by Crippen LogP contribution is -2.40. The van der Waals surface area contributed by atoms with Gasteiger partial charge in [0.25, 0.3) is 0 Å². The second kappa shape index (κ2) is 8.31. The Morgan fingerprint density at radius 3 is 2.74 bits per heavy atom. The number of aryl methyl sites for hydroxylation is 2. The molecule has 0 radical (unpaired) electrons. The molecule has 0 unspecified atom stereocenters. The van der Waals surface area contributed by atoms with E-state index in [0.717, 1.165) is 12.2 Å². The topological polar surface area (TPSA) is 71.3 Å². The molecule has 23 heavy (non-hydrogen) atoms. The molecule has 124 valence electrons. The Morgan fingerprint density at radius 1 is 1.35 bits per heavy atom. The fourth-order valence-electron chi connectivity index (χ4n) is 2.43. The number of aromatic nitrogens is 2. The Bertz CT molecular complexity index is 612. The normalized spacial score (nSPS) is 12.0. The van der Waals surface area contributed by atoms with E-state index in [1.54, 1.807) is 6.92 Å². The predicted octanol–water partition coefficient (Wildman–Crippen LogP) is 2.34. The van der Waals surface area contributed by atoms with E-state index >= 15 is 0 Å². The summed E-state index contributed by atoms with van der Waals surface area (Å²) in [5.41, 5.74) is 1.14. The smallest absolute Gasteiger partial charge is 0.226 e. The minimum Gasteiger partial charge on any atom is -0.373 e. The van der Waals surface area contributed by atoms with E-state index in [1.165, 1.54) is 0 Å². The van der Waals surface area contributed by atoms with Crippen LogP contribution in [0.1, 0.15) is 31.5 Å². The van der Waals surface area contributed by atoms with Crippen LogP contribution in [0.25, 0.3) is 0 Å². The second-order valence-corrected chi connectivity index (χ2v) is 5.77. The van der Waals surface area contributed by atoms with Gasteiger partial charge in [-0.25, -0.2) is 0 Å². The molecule has 1 aromatic heterocycles. The number of carbonyl (C=O) groups excluding carboxylic acids is 1. The van der Waals surface area contributed by atoms with Crippen molar-refractivity contribution in [1.82, 2.24) is 15.5 Å². The van der Waals surface area contributed by atoms with E-state index in [9.17, 15) is 4.79 Å². The Kier molecular flexibility index (Phi) is 6.14. The van der Waals surface area contributed by atoms with Gasteiger partial charge in [0.05, 0.1) is 0 Å². The van der Waals surface area contributed by atoms with E-state index in [-0.39, 0.29) is 11.9 Å². The first-order valence-electron chi connectivity index (χ1n) is 7.89. The summed E-state index contributed by atoms with van der Waals surface area (Å²) in [6.07, 6.45) is 1.79. The molecule has 6 nitrogen and oxygen atoms in total. The van der Waals surface area contributed by atoms with Gasteiger partial charge in [-0.3, -0.25) is 4.79 Å². The van der Waals surface area contributed by atoms with E-state index in [4.69, 9.17) is 4.52 Å². The van der Waals surface area contributed by atoms with Gasteiger partial charge in [0.15, 0.2) is 5.82 Å². The Hall–Kier alpha value is -2.37. The first-order valence-corrected chi connectivity index (χ1v) is 7.89. The number of likely N-dealkylation sites (N-methyl/N-ethyl adjacent to an activating group) is 1. The van der Waals surface area contributed by atoms with Crippen LogP contribution in [0.3, 0.4) is 0 Å². The summed E-state index contributed by atoms with van der Waals surface area (Å²) in [6, 6.07) is 10.2. The lowest BCUT2D eigenvalue weighted by Gasteiger charge is -2.24. The summed E-state index contributed by atoms with van der Waals surface area (Å²) in [5, 5.41) is 6.76. The number of anilines is 1. The SMILES string of the molecule is Cc1noc(CCCC(=O)N[C@H](C)CN(C)c2ccccc2)n1. The minimum atomic E-state index is 0.0511. The number of benzene rings is 1. The first-order chi connectivity index (χ1) is 11.0. The van der Waals surface area contributed by atoms with Crippen molar-refractivity contribution in [2.75, 3.05) is 18.5 Å². The number of nitrogens with one attached hydrogen (secondary N) is 1. The summed E-state index contributed by atoms with van der Waals surface area (Å²) < 4.78 is 5.03. The molecule has 2 aromatic rings. The highest BCUT2D eigenvalue weighted by molar-refractivity contribution is 5.76. The molecule has 6 heteroatoms. The van der Waals surface area contributed by atoms with Gasteiger partial charge in [-0.1, -0.05) is 23.4 Å². The Labute approximate surface area is 136 Å². The molecule has 0 fully saturated rings. The molecular weight excluding hydrogens is 292 g/mol. The van der Waals surface area contributed by atoms with Crippen molar-refractivity contribution in [3.05, 3.63) is 42.0 Å². The van der Waals surface area contributed by atoms with Crippen LogP contribution in [-0.4, -0.2) is 35.7 Å².